The van der Waals surface area contributed by atoms with Crippen molar-refractivity contribution < 1.29 is 8.81 Å². The Hall–Kier alpha value is -1.35. The highest BCUT2D eigenvalue weighted by molar-refractivity contribution is 5.82. The zero-order valence-corrected chi connectivity index (χ0v) is 8.93. The summed E-state index contributed by atoms with van der Waals surface area (Å²) in [5.41, 5.74) is 1.99. The molecule has 0 bridgehead atoms. The van der Waals surface area contributed by atoms with Crippen LogP contribution >= 0.6 is 0 Å². The number of nitrogens with one attached hydrogen (secondary N) is 1. The third-order valence-corrected chi connectivity index (χ3v) is 2.52. The van der Waals surface area contributed by atoms with Gasteiger partial charge in [0, 0.05) is 17.5 Å². The molecule has 0 aliphatic rings. The second-order valence-electron chi connectivity index (χ2n) is 3.61. The van der Waals surface area contributed by atoms with E-state index in [-0.39, 0.29) is 5.82 Å². The first-order valence-electron chi connectivity index (χ1n) is 5.10. The summed E-state index contributed by atoms with van der Waals surface area (Å²) < 4.78 is 18.9. The quantitative estimate of drug-likeness (QED) is 0.837. The third-order valence-electron chi connectivity index (χ3n) is 2.52. The Morgan fingerprint density at radius 1 is 1.40 bits per heavy atom. The predicted molar refractivity (Wildman–Crippen MR) is 58.3 cm³/mol. The van der Waals surface area contributed by atoms with Gasteiger partial charge in [-0.15, -0.1) is 0 Å². The fraction of sp³-hybridized carbons (Fsp3) is 0.333. The lowest BCUT2D eigenvalue weighted by atomic mass is 10.1. The van der Waals surface area contributed by atoms with E-state index in [1.165, 1.54) is 0 Å². The molecule has 0 aliphatic heterocycles. The summed E-state index contributed by atoms with van der Waals surface area (Å²) in [6.07, 6.45) is 1.62. The minimum absolute atomic E-state index is 0.254. The molecule has 0 saturated heterocycles. The summed E-state index contributed by atoms with van der Waals surface area (Å²) in [4.78, 5) is 0. The summed E-state index contributed by atoms with van der Waals surface area (Å²) >= 11 is 0. The molecule has 0 amide bonds. The summed E-state index contributed by atoms with van der Waals surface area (Å²) in [6, 6.07) is 3.69. The normalized spacial score (nSPS) is 11.1. The molecular weight excluding hydrogens is 193 g/mol. The molecule has 15 heavy (non-hydrogen) atoms. The number of fused-ring (bicyclic) bond motifs is 1. The average Bonchev–Trinajstić information content (AvgIpc) is 2.64. The predicted octanol–water partition coefficient (Wildman–Crippen LogP) is 2.99. The molecule has 0 radical (unpaired) electrons. The monoisotopic (exact) mass is 207 g/mol. The summed E-state index contributed by atoms with van der Waals surface area (Å²) in [5, 5.41) is 4.05. The number of hydrogen-bond acceptors (Lipinski definition) is 2. The van der Waals surface area contributed by atoms with Crippen LogP contribution in [0.3, 0.4) is 0 Å². The summed E-state index contributed by atoms with van der Waals surface area (Å²) in [5.74, 6) is -0.254. The van der Waals surface area contributed by atoms with Gasteiger partial charge in [-0.1, -0.05) is 19.1 Å². The Labute approximate surface area is 88.1 Å². The van der Waals surface area contributed by atoms with Gasteiger partial charge >= 0.3 is 0 Å². The van der Waals surface area contributed by atoms with Gasteiger partial charge in [0.05, 0.1) is 6.26 Å². The molecule has 80 valence electrons. The molecule has 2 aromatic rings. The van der Waals surface area contributed by atoms with E-state index in [4.69, 9.17) is 4.42 Å². The van der Waals surface area contributed by atoms with Crippen molar-refractivity contribution in [3.63, 3.8) is 0 Å². The number of halogens is 1. The van der Waals surface area contributed by atoms with Crippen molar-refractivity contribution in [2.75, 3.05) is 6.54 Å². The first-order valence-corrected chi connectivity index (χ1v) is 5.10. The van der Waals surface area contributed by atoms with E-state index in [1.54, 1.807) is 19.3 Å². The highest BCUT2D eigenvalue weighted by Gasteiger charge is 2.11. The van der Waals surface area contributed by atoms with Crippen molar-refractivity contribution in [1.29, 1.82) is 0 Å². The molecule has 0 atom stereocenters. The van der Waals surface area contributed by atoms with Crippen molar-refractivity contribution in [1.82, 2.24) is 5.32 Å². The number of aryl methyl sites for hydroxylation is 1. The van der Waals surface area contributed by atoms with Crippen molar-refractivity contribution in [3.8, 4) is 0 Å². The van der Waals surface area contributed by atoms with E-state index in [2.05, 4.69) is 5.32 Å². The topological polar surface area (TPSA) is 25.2 Å². The smallest absolute Gasteiger partial charge is 0.170 e. The molecule has 2 rings (SSSR count). The van der Waals surface area contributed by atoms with Crippen LogP contribution in [-0.2, 0) is 6.54 Å². The van der Waals surface area contributed by atoms with Crippen LogP contribution in [0.5, 0.6) is 0 Å². The molecule has 1 aromatic carbocycles. The van der Waals surface area contributed by atoms with Crippen molar-refractivity contribution in [2.45, 2.75) is 20.4 Å². The lowest BCUT2D eigenvalue weighted by Crippen LogP contribution is -2.11. The van der Waals surface area contributed by atoms with Crippen LogP contribution in [0.1, 0.15) is 18.1 Å². The number of hydrogen-bond donors (Lipinski definition) is 1. The standard InChI is InChI=1S/C12H14FNO/c1-3-14-6-9-7-15-12-10(9)5-4-8(2)11(12)13/h4-5,7,14H,3,6H2,1-2H3. The maximum Gasteiger partial charge on any atom is 0.170 e. The van der Waals surface area contributed by atoms with Gasteiger partial charge in [0.2, 0.25) is 0 Å². The van der Waals surface area contributed by atoms with Gasteiger partial charge in [0.25, 0.3) is 0 Å². The van der Waals surface area contributed by atoms with Gasteiger partial charge in [-0.2, -0.15) is 0 Å². The van der Waals surface area contributed by atoms with Crippen LogP contribution in [0, 0.1) is 12.7 Å². The fourth-order valence-corrected chi connectivity index (χ4v) is 1.61. The van der Waals surface area contributed by atoms with Crippen LogP contribution in [0.25, 0.3) is 11.0 Å². The van der Waals surface area contributed by atoms with Crippen molar-refractivity contribution >= 4 is 11.0 Å². The Balaban J connectivity index is 2.47. The molecule has 1 N–H and O–H groups in total. The first kappa shape index (κ1) is 10.2. The van der Waals surface area contributed by atoms with Gasteiger partial charge in [0.15, 0.2) is 11.4 Å². The van der Waals surface area contributed by atoms with E-state index in [1.807, 2.05) is 13.0 Å². The molecule has 1 heterocycles. The Morgan fingerprint density at radius 2 is 2.20 bits per heavy atom. The maximum atomic E-state index is 13.6. The minimum atomic E-state index is -0.254. The summed E-state index contributed by atoms with van der Waals surface area (Å²) in [7, 11) is 0. The van der Waals surface area contributed by atoms with Crippen molar-refractivity contribution in [2.24, 2.45) is 0 Å². The van der Waals surface area contributed by atoms with E-state index in [0.717, 1.165) is 17.5 Å². The lowest BCUT2D eigenvalue weighted by molar-refractivity contribution is 0.552. The highest BCUT2D eigenvalue weighted by atomic mass is 19.1. The minimum Gasteiger partial charge on any atom is -0.461 e. The molecule has 0 unspecified atom stereocenters. The average molecular weight is 207 g/mol. The second kappa shape index (κ2) is 4.03. The molecule has 1 aromatic heterocycles. The van der Waals surface area contributed by atoms with Crippen LogP contribution in [-0.4, -0.2) is 6.54 Å². The molecule has 0 fully saturated rings. The van der Waals surface area contributed by atoms with E-state index in [0.29, 0.717) is 17.7 Å². The molecule has 3 heteroatoms. The van der Waals surface area contributed by atoms with Gasteiger partial charge in [-0.05, 0) is 19.0 Å². The van der Waals surface area contributed by atoms with Gasteiger partial charge in [-0.25, -0.2) is 4.39 Å². The number of rotatable bonds is 3. The first-order chi connectivity index (χ1) is 7.24. The van der Waals surface area contributed by atoms with Gasteiger partial charge in [-0.3, -0.25) is 0 Å². The van der Waals surface area contributed by atoms with Gasteiger partial charge < -0.3 is 9.73 Å². The third kappa shape index (κ3) is 1.75. The SMILES string of the molecule is CCNCc1coc2c(F)c(C)ccc12. The fourth-order valence-electron chi connectivity index (χ4n) is 1.61. The molecular formula is C12H14FNO. The van der Waals surface area contributed by atoms with Crippen LogP contribution in [0.15, 0.2) is 22.8 Å². The highest BCUT2D eigenvalue weighted by Crippen LogP contribution is 2.25. The molecule has 0 saturated carbocycles. The zero-order chi connectivity index (χ0) is 10.8. The van der Waals surface area contributed by atoms with Crippen LogP contribution < -0.4 is 5.32 Å². The number of furan rings is 1. The largest absolute Gasteiger partial charge is 0.461 e. The Kier molecular flexibility index (Phi) is 2.73. The van der Waals surface area contributed by atoms with Crippen LogP contribution in [0.4, 0.5) is 4.39 Å². The maximum absolute atomic E-state index is 13.6. The summed E-state index contributed by atoms with van der Waals surface area (Å²) in [6.45, 7) is 5.38. The van der Waals surface area contributed by atoms with Crippen molar-refractivity contribution in [3.05, 3.63) is 35.3 Å². The van der Waals surface area contributed by atoms with E-state index >= 15 is 0 Å². The molecule has 2 nitrogen and oxygen atoms in total. The zero-order valence-electron chi connectivity index (χ0n) is 8.93. The van der Waals surface area contributed by atoms with Crippen LogP contribution in [0.2, 0.25) is 0 Å². The van der Waals surface area contributed by atoms with E-state index in [9.17, 15) is 4.39 Å². The Bertz CT molecular complexity index is 476. The van der Waals surface area contributed by atoms with Gasteiger partial charge in [0.1, 0.15) is 0 Å². The Morgan fingerprint density at radius 3 is 2.93 bits per heavy atom. The molecule has 0 aliphatic carbocycles. The molecule has 0 spiro atoms. The van der Waals surface area contributed by atoms with E-state index < -0.39 is 0 Å². The number of benzene rings is 1. The lowest BCUT2D eigenvalue weighted by Gasteiger charge is -1.99. The second-order valence-corrected chi connectivity index (χ2v) is 3.61.